The van der Waals surface area contributed by atoms with Gasteiger partial charge in [-0.15, -0.1) is 0 Å². The summed E-state index contributed by atoms with van der Waals surface area (Å²) < 4.78 is 0. The maximum absolute atomic E-state index is 12.1. The van der Waals surface area contributed by atoms with Gasteiger partial charge in [0.05, 0.1) is 11.3 Å². The molecule has 4 nitrogen and oxygen atoms in total. The largest absolute Gasteiger partial charge is 0.478 e. The van der Waals surface area contributed by atoms with Gasteiger partial charge in [0.1, 0.15) is 0 Å². The van der Waals surface area contributed by atoms with Crippen molar-refractivity contribution >= 4 is 35.2 Å². The number of rotatable bonds is 5. The van der Waals surface area contributed by atoms with Crippen LogP contribution in [-0.2, 0) is 4.79 Å². The Bertz CT molecular complexity index is 1010. The average molecular weight is 378 g/mol. The van der Waals surface area contributed by atoms with Crippen molar-refractivity contribution in [1.82, 2.24) is 0 Å². The van der Waals surface area contributed by atoms with Gasteiger partial charge in [-0.05, 0) is 47.0 Å². The molecule has 0 radical (unpaired) electrons. The number of carboxylic acids is 1. The number of hydrogen-bond acceptors (Lipinski definition) is 2. The summed E-state index contributed by atoms with van der Waals surface area (Å²) in [6, 6.07) is 21.5. The van der Waals surface area contributed by atoms with Crippen LogP contribution in [0.1, 0.15) is 15.9 Å². The van der Waals surface area contributed by atoms with Gasteiger partial charge in [-0.1, -0.05) is 60.1 Å². The summed E-state index contributed by atoms with van der Waals surface area (Å²) in [5.74, 6) is -1.49. The first kappa shape index (κ1) is 18.4. The van der Waals surface area contributed by atoms with Gasteiger partial charge in [-0.3, -0.25) is 4.79 Å². The lowest BCUT2D eigenvalue weighted by Crippen LogP contribution is -2.11. The number of para-hydroxylation sites is 1. The Morgan fingerprint density at radius 3 is 2.33 bits per heavy atom. The molecular formula is C22H16ClNO3. The summed E-state index contributed by atoms with van der Waals surface area (Å²) in [5.41, 5.74) is 3.19. The lowest BCUT2D eigenvalue weighted by atomic mass is 10.0. The molecule has 0 atom stereocenters. The van der Waals surface area contributed by atoms with Crippen LogP contribution in [0.3, 0.4) is 0 Å². The van der Waals surface area contributed by atoms with E-state index >= 15 is 0 Å². The van der Waals surface area contributed by atoms with Crippen LogP contribution in [0, 0.1) is 0 Å². The van der Waals surface area contributed by atoms with E-state index in [2.05, 4.69) is 5.32 Å². The second kappa shape index (κ2) is 8.34. The van der Waals surface area contributed by atoms with Crippen molar-refractivity contribution in [1.29, 1.82) is 0 Å². The number of carbonyl (C=O) groups is 2. The highest BCUT2D eigenvalue weighted by molar-refractivity contribution is 6.30. The van der Waals surface area contributed by atoms with Crippen molar-refractivity contribution in [2.24, 2.45) is 0 Å². The molecule has 1 amide bonds. The number of carbonyl (C=O) groups excluding carboxylic acids is 1. The second-order valence-electron chi connectivity index (χ2n) is 5.81. The van der Waals surface area contributed by atoms with Crippen LogP contribution in [0.25, 0.3) is 17.2 Å². The molecule has 3 aromatic carbocycles. The Kier molecular flexibility index (Phi) is 5.69. The normalized spacial score (nSPS) is 10.7. The van der Waals surface area contributed by atoms with E-state index < -0.39 is 11.9 Å². The molecule has 5 heteroatoms. The third kappa shape index (κ3) is 4.84. The predicted octanol–water partition coefficient (Wildman–Crippen LogP) is 5.36. The van der Waals surface area contributed by atoms with Gasteiger partial charge < -0.3 is 10.4 Å². The minimum atomic E-state index is -1.09. The van der Waals surface area contributed by atoms with Crippen LogP contribution in [0.5, 0.6) is 0 Å². The number of benzene rings is 3. The van der Waals surface area contributed by atoms with E-state index in [9.17, 15) is 9.59 Å². The predicted molar refractivity (Wildman–Crippen MR) is 108 cm³/mol. The van der Waals surface area contributed by atoms with Crippen molar-refractivity contribution < 1.29 is 14.7 Å². The molecule has 0 fully saturated rings. The maximum Gasteiger partial charge on any atom is 0.337 e. The first-order valence-corrected chi connectivity index (χ1v) is 8.58. The molecule has 3 aromatic rings. The molecule has 2 N–H and O–H groups in total. The third-order valence-electron chi connectivity index (χ3n) is 3.91. The minimum Gasteiger partial charge on any atom is -0.478 e. The smallest absolute Gasteiger partial charge is 0.337 e. The van der Waals surface area contributed by atoms with Crippen LogP contribution in [0.2, 0.25) is 5.02 Å². The Morgan fingerprint density at radius 2 is 1.63 bits per heavy atom. The fourth-order valence-electron chi connectivity index (χ4n) is 2.58. The van der Waals surface area contributed by atoms with Gasteiger partial charge in [-0.25, -0.2) is 4.79 Å². The van der Waals surface area contributed by atoms with Crippen LogP contribution in [-0.4, -0.2) is 17.0 Å². The number of anilines is 1. The molecule has 0 aliphatic carbocycles. The number of amides is 1. The number of nitrogens with one attached hydrogen (secondary N) is 1. The Morgan fingerprint density at radius 1 is 0.889 bits per heavy atom. The van der Waals surface area contributed by atoms with Crippen LogP contribution < -0.4 is 5.32 Å². The summed E-state index contributed by atoms with van der Waals surface area (Å²) in [7, 11) is 0. The summed E-state index contributed by atoms with van der Waals surface area (Å²) in [6.45, 7) is 0. The highest BCUT2D eigenvalue weighted by atomic mass is 35.5. The summed E-state index contributed by atoms with van der Waals surface area (Å²) in [6.07, 6.45) is 3.04. The lowest BCUT2D eigenvalue weighted by Gasteiger charge is -2.06. The molecule has 134 valence electrons. The van der Waals surface area contributed by atoms with Crippen molar-refractivity contribution in [2.75, 3.05) is 5.32 Å². The Balaban J connectivity index is 1.69. The van der Waals surface area contributed by atoms with E-state index in [0.717, 1.165) is 16.7 Å². The van der Waals surface area contributed by atoms with Crippen LogP contribution >= 0.6 is 11.6 Å². The SMILES string of the molecule is O=C(/C=C/c1ccc(-c2cccc(Cl)c2)cc1)Nc1ccccc1C(=O)O. The zero-order valence-corrected chi connectivity index (χ0v) is 15.0. The van der Waals surface area contributed by atoms with Gasteiger partial charge in [-0.2, -0.15) is 0 Å². The molecule has 27 heavy (non-hydrogen) atoms. The average Bonchev–Trinajstić information content (AvgIpc) is 2.67. The van der Waals surface area contributed by atoms with Gasteiger partial charge in [0.2, 0.25) is 5.91 Å². The second-order valence-corrected chi connectivity index (χ2v) is 6.24. The molecular weight excluding hydrogens is 362 g/mol. The van der Waals surface area contributed by atoms with E-state index in [-0.39, 0.29) is 11.3 Å². The van der Waals surface area contributed by atoms with Crippen molar-refractivity contribution in [3.8, 4) is 11.1 Å². The third-order valence-corrected chi connectivity index (χ3v) is 4.15. The van der Waals surface area contributed by atoms with Crippen molar-refractivity contribution in [2.45, 2.75) is 0 Å². The van der Waals surface area contributed by atoms with Crippen LogP contribution in [0.4, 0.5) is 5.69 Å². The quantitative estimate of drug-likeness (QED) is 0.588. The van der Waals surface area contributed by atoms with Crippen molar-refractivity contribution in [3.63, 3.8) is 0 Å². The Hall–Kier alpha value is -3.37. The fraction of sp³-hybridized carbons (Fsp3) is 0. The number of aromatic carboxylic acids is 1. The van der Waals surface area contributed by atoms with Crippen molar-refractivity contribution in [3.05, 3.63) is 95.0 Å². The van der Waals surface area contributed by atoms with E-state index in [0.29, 0.717) is 5.02 Å². The summed E-state index contributed by atoms with van der Waals surface area (Å²) >= 11 is 6.02. The fourth-order valence-corrected chi connectivity index (χ4v) is 2.77. The summed E-state index contributed by atoms with van der Waals surface area (Å²) in [4.78, 5) is 23.3. The lowest BCUT2D eigenvalue weighted by molar-refractivity contribution is -0.111. The zero-order chi connectivity index (χ0) is 19.2. The number of carboxylic acid groups (broad SMARTS) is 1. The molecule has 3 rings (SSSR count). The highest BCUT2D eigenvalue weighted by Crippen LogP contribution is 2.23. The molecule has 0 aliphatic rings. The summed E-state index contributed by atoms with van der Waals surface area (Å²) in [5, 5.41) is 12.4. The van der Waals surface area contributed by atoms with E-state index in [1.807, 2.05) is 48.5 Å². The molecule has 0 saturated heterocycles. The Labute approximate surface area is 161 Å². The highest BCUT2D eigenvalue weighted by Gasteiger charge is 2.10. The topological polar surface area (TPSA) is 66.4 Å². The molecule has 0 aromatic heterocycles. The van der Waals surface area contributed by atoms with E-state index in [1.165, 1.54) is 12.1 Å². The molecule has 0 spiro atoms. The molecule has 0 saturated carbocycles. The zero-order valence-electron chi connectivity index (χ0n) is 14.2. The van der Waals surface area contributed by atoms with E-state index in [1.54, 1.807) is 24.3 Å². The van der Waals surface area contributed by atoms with Gasteiger partial charge in [0, 0.05) is 11.1 Å². The molecule has 0 bridgehead atoms. The monoisotopic (exact) mass is 377 g/mol. The van der Waals surface area contributed by atoms with Crippen LogP contribution in [0.15, 0.2) is 78.9 Å². The minimum absolute atomic E-state index is 0.0464. The standard InChI is InChI=1S/C22H16ClNO3/c23-18-5-3-4-17(14-18)16-11-8-15(9-12-16)10-13-21(25)24-20-7-2-1-6-19(20)22(26)27/h1-14H,(H,24,25)(H,26,27)/b13-10+. The van der Waals surface area contributed by atoms with Gasteiger partial charge in [0.15, 0.2) is 0 Å². The number of hydrogen-bond donors (Lipinski definition) is 2. The molecule has 0 aliphatic heterocycles. The number of halogens is 1. The van der Waals surface area contributed by atoms with Gasteiger partial charge in [0.25, 0.3) is 0 Å². The first-order chi connectivity index (χ1) is 13.0. The maximum atomic E-state index is 12.1. The first-order valence-electron chi connectivity index (χ1n) is 8.20. The van der Waals surface area contributed by atoms with Gasteiger partial charge >= 0.3 is 5.97 Å². The molecule has 0 unspecified atom stereocenters. The molecule has 0 heterocycles. The van der Waals surface area contributed by atoms with E-state index in [4.69, 9.17) is 16.7 Å².